The van der Waals surface area contributed by atoms with Crippen LogP contribution in [0.1, 0.15) is 142 Å². The monoisotopic (exact) mass is 420 g/mol. The summed E-state index contributed by atoms with van der Waals surface area (Å²) in [5.41, 5.74) is 0. The first kappa shape index (κ1) is 27.9. The molecule has 28 heavy (non-hydrogen) atoms. The molecular formula is C23H48O4S. The minimum atomic E-state index is -4.39. The van der Waals surface area contributed by atoms with Crippen LogP contribution in [0.4, 0.5) is 0 Å². The van der Waals surface area contributed by atoms with E-state index >= 15 is 0 Å². The van der Waals surface area contributed by atoms with Crippen molar-refractivity contribution in [3.8, 4) is 0 Å². The van der Waals surface area contributed by atoms with Crippen molar-refractivity contribution in [3.63, 3.8) is 0 Å². The second-order valence-electron chi connectivity index (χ2n) is 8.58. The molecule has 0 aliphatic rings. The fourth-order valence-corrected chi connectivity index (χ4v) is 4.76. The van der Waals surface area contributed by atoms with Crippen LogP contribution in [0.3, 0.4) is 0 Å². The molecular weight excluding hydrogens is 372 g/mol. The molecule has 1 unspecified atom stereocenters. The summed E-state index contributed by atoms with van der Waals surface area (Å²) in [4.78, 5) is -1.95. The first-order valence-electron chi connectivity index (χ1n) is 12.1. The minimum absolute atomic E-state index is 0.102. The average Bonchev–Trinajstić information content (AvgIpc) is 2.63. The van der Waals surface area contributed by atoms with Crippen LogP contribution in [0, 0.1) is 0 Å². The van der Waals surface area contributed by atoms with Gasteiger partial charge in [0, 0.05) is 0 Å². The van der Waals surface area contributed by atoms with Gasteiger partial charge in [-0.3, -0.25) is 4.55 Å². The molecule has 0 radical (unpaired) electrons. The molecule has 0 bridgehead atoms. The van der Waals surface area contributed by atoms with E-state index in [2.05, 4.69) is 6.92 Å². The Labute approximate surface area is 175 Å². The van der Waals surface area contributed by atoms with Crippen molar-refractivity contribution >= 4 is 10.1 Å². The second kappa shape index (κ2) is 17.7. The van der Waals surface area contributed by atoms with Crippen molar-refractivity contribution in [3.05, 3.63) is 0 Å². The summed E-state index contributed by atoms with van der Waals surface area (Å²) >= 11 is 0. The summed E-state index contributed by atoms with van der Waals surface area (Å²) in [6.45, 7) is 4.08. The number of rotatable bonds is 21. The molecule has 0 saturated heterocycles. The number of hydrogen-bond acceptors (Lipinski definition) is 3. The molecule has 5 heteroatoms. The highest BCUT2D eigenvalue weighted by Crippen LogP contribution is 2.26. The van der Waals surface area contributed by atoms with E-state index in [1.54, 1.807) is 0 Å². The van der Waals surface area contributed by atoms with Gasteiger partial charge in [-0.15, -0.1) is 0 Å². The number of hydrogen-bond donors (Lipinski definition) is 2. The van der Waals surface area contributed by atoms with Crippen LogP contribution in [0.15, 0.2) is 0 Å². The van der Waals surface area contributed by atoms with Gasteiger partial charge < -0.3 is 5.11 Å². The van der Waals surface area contributed by atoms with Gasteiger partial charge in [0.05, 0.1) is 0 Å². The molecule has 0 rings (SSSR count). The minimum Gasteiger partial charge on any atom is -0.372 e. The molecule has 0 spiro atoms. The Kier molecular flexibility index (Phi) is 17.6. The largest absolute Gasteiger partial charge is 0.372 e. The molecule has 0 heterocycles. The molecule has 170 valence electrons. The highest BCUT2D eigenvalue weighted by molar-refractivity contribution is 7.87. The fourth-order valence-electron chi connectivity index (χ4n) is 3.90. The van der Waals surface area contributed by atoms with Crippen LogP contribution in [-0.4, -0.2) is 23.0 Å². The van der Waals surface area contributed by atoms with Crippen molar-refractivity contribution in [2.75, 3.05) is 0 Å². The number of aliphatic hydroxyl groups is 1. The van der Waals surface area contributed by atoms with Crippen LogP contribution in [0.5, 0.6) is 0 Å². The van der Waals surface area contributed by atoms with Gasteiger partial charge in [-0.2, -0.15) is 8.42 Å². The first-order valence-corrected chi connectivity index (χ1v) is 13.5. The predicted molar refractivity (Wildman–Crippen MR) is 120 cm³/mol. The van der Waals surface area contributed by atoms with Gasteiger partial charge in [-0.25, -0.2) is 0 Å². The van der Waals surface area contributed by atoms with Crippen molar-refractivity contribution < 1.29 is 18.1 Å². The van der Waals surface area contributed by atoms with Crippen LogP contribution in [0.25, 0.3) is 0 Å². The molecule has 0 aromatic rings. The summed E-state index contributed by atoms with van der Waals surface area (Å²) in [6.07, 6.45) is 22.4. The lowest BCUT2D eigenvalue weighted by Crippen LogP contribution is -2.38. The van der Waals surface area contributed by atoms with E-state index in [0.29, 0.717) is 12.8 Å². The third-order valence-electron chi connectivity index (χ3n) is 5.79. The third kappa shape index (κ3) is 14.8. The average molecular weight is 421 g/mol. The first-order chi connectivity index (χ1) is 13.4. The predicted octanol–water partition coefficient (Wildman–Crippen LogP) is 7.40. The second-order valence-corrected chi connectivity index (χ2v) is 10.3. The molecule has 0 saturated carbocycles. The molecule has 0 aromatic heterocycles. The van der Waals surface area contributed by atoms with E-state index in [1.165, 1.54) is 89.9 Å². The zero-order valence-corrected chi connectivity index (χ0v) is 19.6. The lowest BCUT2D eigenvalue weighted by molar-refractivity contribution is 0.0906. The van der Waals surface area contributed by atoms with Crippen molar-refractivity contribution in [1.29, 1.82) is 0 Å². The lowest BCUT2D eigenvalue weighted by atomic mass is 10.0. The van der Waals surface area contributed by atoms with E-state index in [0.717, 1.165) is 12.8 Å². The fraction of sp³-hybridized carbons (Fsp3) is 1.00. The summed E-state index contributed by atoms with van der Waals surface area (Å²) in [5, 5.41) is 10.1. The molecule has 0 aliphatic heterocycles. The van der Waals surface area contributed by atoms with E-state index < -0.39 is 15.1 Å². The smallest absolute Gasteiger partial charge is 0.294 e. The molecule has 4 nitrogen and oxygen atoms in total. The Morgan fingerprint density at radius 1 is 0.536 bits per heavy atom. The summed E-state index contributed by atoms with van der Waals surface area (Å²) in [7, 11) is -4.39. The van der Waals surface area contributed by atoms with Crippen LogP contribution >= 0.6 is 0 Å². The Morgan fingerprint density at radius 2 is 0.857 bits per heavy atom. The van der Waals surface area contributed by atoms with Crippen molar-refractivity contribution in [2.45, 2.75) is 147 Å². The topological polar surface area (TPSA) is 74.6 Å². The maximum Gasteiger partial charge on any atom is 0.294 e. The molecule has 0 amide bonds. The van der Waals surface area contributed by atoms with Gasteiger partial charge in [-0.05, 0) is 19.3 Å². The molecule has 1 atom stereocenters. The maximum atomic E-state index is 11.4. The van der Waals surface area contributed by atoms with E-state index in [4.69, 9.17) is 0 Å². The van der Waals surface area contributed by atoms with E-state index in [1.807, 2.05) is 6.92 Å². The molecule has 0 aromatic carbocycles. The third-order valence-corrected chi connectivity index (χ3v) is 7.16. The quantitative estimate of drug-likeness (QED) is 0.150. The molecule has 2 N–H and O–H groups in total. The lowest BCUT2D eigenvalue weighted by Gasteiger charge is -2.24. The standard InChI is InChI=1S/C23H48O4S/c1-3-5-6-7-8-9-10-11-12-13-14-15-16-17-18-19-20-22-23(24,21-4-2)28(25,26)27/h24H,3-22H2,1-2H3,(H,25,26,27). The van der Waals surface area contributed by atoms with Crippen molar-refractivity contribution in [1.82, 2.24) is 0 Å². The van der Waals surface area contributed by atoms with Crippen LogP contribution in [0.2, 0.25) is 0 Å². The molecule has 0 fully saturated rings. The van der Waals surface area contributed by atoms with Gasteiger partial charge in [-0.1, -0.05) is 123 Å². The summed E-state index contributed by atoms with van der Waals surface area (Å²) in [6, 6.07) is 0. The van der Waals surface area contributed by atoms with Gasteiger partial charge in [0.15, 0.2) is 4.93 Å². The van der Waals surface area contributed by atoms with Gasteiger partial charge >= 0.3 is 0 Å². The van der Waals surface area contributed by atoms with Crippen LogP contribution < -0.4 is 0 Å². The SMILES string of the molecule is CCCCCCCCCCCCCCCCCCCC(O)(CCC)S(=O)(=O)O. The van der Waals surface area contributed by atoms with Gasteiger partial charge in [0.25, 0.3) is 10.1 Å². The highest BCUT2D eigenvalue weighted by Gasteiger charge is 2.38. The summed E-state index contributed by atoms with van der Waals surface area (Å²) < 4.78 is 31.9. The van der Waals surface area contributed by atoms with E-state index in [9.17, 15) is 18.1 Å². The van der Waals surface area contributed by atoms with E-state index in [-0.39, 0.29) is 12.8 Å². The Morgan fingerprint density at radius 3 is 1.14 bits per heavy atom. The normalized spacial score (nSPS) is 14.3. The molecule has 0 aliphatic carbocycles. The maximum absolute atomic E-state index is 11.4. The van der Waals surface area contributed by atoms with Crippen LogP contribution in [-0.2, 0) is 10.1 Å². The zero-order chi connectivity index (χ0) is 21.1. The Hall–Kier alpha value is -0.130. The number of unbranched alkanes of at least 4 members (excludes halogenated alkanes) is 16. The van der Waals surface area contributed by atoms with Gasteiger partial charge in [0.1, 0.15) is 0 Å². The van der Waals surface area contributed by atoms with Gasteiger partial charge in [0.2, 0.25) is 0 Å². The Balaban J connectivity index is 3.40. The Bertz CT molecular complexity index is 436. The zero-order valence-electron chi connectivity index (χ0n) is 18.8. The summed E-state index contributed by atoms with van der Waals surface area (Å²) in [5.74, 6) is 0. The van der Waals surface area contributed by atoms with Crippen molar-refractivity contribution in [2.24, 2.45) is 0 Å². The highest BCUT2D eigenvalue weighted by atomic mass is 32.2.